The van der Waals surface area contributed by atoms with Crippen LogP contribution in [0.25, 0.3) is 5.57 Å². The Morgan fingerprint density at radius 3 is 2.49 bits per heavy atom. The van der Waals surface area contributed by atoms with E-state index in [1.165, 1.54) is 0 Å². The summed E-state index contributed by atoms with van der Waals surface area (Å²) < 4.78 is 20.8. The highest BCUT2D eigenvalue weighted by atomic mass is 16.6. The molecule has 1 aromatic carbocycles. The van der Waals surface area contributed by atoms with Gasteiger partial charge < -0.3 is 24.1 Å². The lowest BCUT2D eigenvalue weighted by atomic mass is 9.94. The molecule has 0 radical (unpaired) electrons. The van der Waals surface area contributed by atoms with E-state index in [9.17, 15) is 24.0 Å². The fourth-order valence-corrected chi connectivity index (χ4v) is 4.12. The smallest absolute Gasteiger partial charge is 0.417 e. The van der Waals surface area contributed by atoms with E-state index in [1.54, 1.807) is 32.0 Å². The van der Waals surface area contributed by atoms with Crippen LogP contribution >= 0.6 is 0 Å². The molecule has 2 rings (SSSR count). The lowest BCUT2D eigenvalue weighted by Crippen LogP contribution is -2.53. The highest BCUT2D eigenvalue weighted by Gasteiger charge is 2.46. The van der Waals surface area contributed by atoms with E-state index in [1.807, 2.05) is 13.0 Å². The van der Waals surface area contributed by atoms with Gasteiger partial charge >= 0.3 is 12.1 Å². The molecule has 11 heteroatoms. The minimum absolute atomic E-state index is 0.0151. The van der Waals surface area contributed by atoms with Crippen LogP contribution < -0.4 is 0 Å². The number of hydrogen-bond donors (Lipinski definition) is 1. The van der Waals surface area contributed by atoms with E-state index in [0.717, 1.165) is 30.6 Å². The first kappa shape index (κ1) is 31.8. The predicted molar refractivity (Wildman–Crippen MR) is 139 cm³/mol. The van der Waals surface area contributed by atoms with Crippen molar-refractivity contribution in [3.63, 3.8) is 0 Å². The van der Waals surface area contributed by atoms with E-state index in [4.69, 9.17) is 24.1 Å². The van der Waals surface area contributed by atoms with Gasteiger partial charge in [0.25, 0.3) is 5.91 Å². The van der Waals surface area contributed by atoms with Crippen molar-refractivity contribution in [2.75, 3.05) is 33.5 Å². The van der Waals surface area contributed by atoms with Crippen LogP contribution in [0.2, 0.25) is 0 Å². The van der Waals surface area contributed by atoms with Crippen molar-refractivity contribution in [3.05, 3.63) is 41.5 Å². The lowest BCUT2D eigenvalue weighted by Gasteiger charge is -2.29. The second-order valence-electron chi connectivity index (χ2n) is 9.48. The van der Waals surface area contributed by atoms with Crippen LogP contribution in [0.3, 0.4) is 0 Å². The number of aliphatic hydroxyl groups excluding tert-OH is 1. The van der Waals surface area contributed by atoms with Crippen molar-refractivity contribution in [3.8, 4) is 0 Å². The monoisotopic (exact) mass is 547 g/mol. The number of aryl methyl sites for hydroxylation is 1. The molecule has 0 bridgehead atoms. The van der Waals surface area contributed by atoms with Gasteiger partial charge in [0.05, 0.1) is 19.3 Å². The molecule has 3 atom stereocenters. The number of ketones is 2. The Kier molecular flexibility index (Phi) is 12.4. The summed E-state index contributed by atoms with van der Waals surface area (Å²) in [5.41, 5.74) is 1.37. The summed E-state index contributed by atoms with van der Waals surface area (Å²) in [5.74, 6) is -3.12. The third kappa shape index (κ3) is 8.81. The third-order valence-corrected chi connectivity index (χ3v) is 6.10. The van der Waals surface area contributed by atoms with Crippen molar-refractivity contribution in [2.24, 2.45) is 5.92 Å². The molecule has 1 saturated heterocycles. The molecule has 0 saturated carbocycles. The van der Waals surface area contributed by atoms with Gasteiger partial charge in [-0.1, -0.05) is 43.7 Å². The maximum absolute atomic E-state index is 13.6. The molecular weight excluding hydrogens is 510 g/mol. The van der Waals surface area contributed by atoms with E-state index in [2.05, 4.69) is 0 Å². The van der Waals surface area contributed by atoms with Crippen LogP contribution in [0, 0.1) is 12.8 Å². The first-order valence-corrected chi connectivity index (χ1v) is 12.8. The Hall–Kier alpha value is -3.41. The van der Waals surface area contributed by atoms with Crippen molar-refractivity contribution < 1.29 is 48.0 Å². The maximum Gasteiger partial charge on any atom is 0.417 e. The Bertz CT molecular complexity index is 1080. The number of nitrogens with zero attached hydrogens (tertiary/aromatic N) is 1. The number of aliphatic hydroxyl groups is 1. The normalized spacial score (nSPS) is 17.1. The summed E-state index contributed by atoms with van der Waals surface area (Å²) in [6.45, 7) is 6.74. The second-order valence-corrected chi connectivity index (χ2v) is 9.48. The molecule has 1 aliphatic rings. The number of allylic oxidation sites excluding steroid dienone is 1. The zero-order chi connectivity index (χ0) is 29.1. The number of ether oxygens (including phenoxy) is 4. The third-order valence-electron chi connectivity index (χ3n) is 6.10. The number of esters is 1. The fraction of sp³-hybridized carbons (Fsp3) is 0.536. The molecule has 39 heavy (non-hydrogen) atoms. The number of Topliss-reactive ketones (excluding diaryl/α,β-unsaturated/α-hetero) is 1. The highest BCUT2D eigenvalue weighted by Crippen LogP contribution is 2.25. The topological polar surface area (TPSA) is 146 Å². The largest absolute Gasteiger partial charge is 0.451 e. The first-order valence-electron chi connectivity index (χ1n) is 12.8. The molecule has 0 aliphatic carbocycles. The minimum atomic E-state index is -1.76. The average Bonchev–Trinajstić information content (AvgIpc) is 3.28. The van der Waals surface area contributed by atoms with Crippen LogP contribution in [-0.2, 0) is 38.1 Å². The molecule has 0 unspecified atom stereocenters. The summed E-state index contributed by atoms with van der Waals surface area (Å²) in [6.07, 6.45) is -2.88. The average molecular weight is 548 g/mol. The minimum Gasteiger partial charge on any atom is -0.451 e. The first-order chi connectivity index (χ1) is 18.5. The van der Waals surface area contributed by atoms with Gasteiger partial charge in [-0.3, -0.25) is 19.2 Å². The molecule has 1 fully saturated rings. The summed E-state index contributed by atoms with van der Waals surface area (Å²) in [6, 6.07) is 6.37. The number of imide groups is 1. The Balaban J connectivity index is 2.44. The SMILES string of the molecule is CO[C@@H](C(=O)N1C(=O)OC[C@H]1C(C)C)[C@@H](OC(C)=O)C(=O)C=C(C(=O)CCCOCCO)c1cccc(C)c1. The standard InChI is InChI=1S/C28H37NO10/c1-17(2)22-16-38-28(35)29(22)27(34)26(36-5)25(39-19(4)31)24(33)15-21(20-9-6-8-18(3)14-20)23(32)10-7-12-37-13-11-30/h6,8-9,14-15,17,22,25-26,30H,7,10-13,16H2,1-5H3/t22-,25-,26+/m0/s1. The van der Waals surface area contributed by atoms with Crippen LogP contribution in [0.5, 0.6) is 0 Å². The van der Waals surface area contributed by atoms with E-state index >= 15 is 0 Å². The molecule has 1 N–H and O–H groups in total. The zero-order valence-electron chi connectivity index (χ0n) is 23.0. The van der Waals surface area contributed by atoms with Crippen LogP contribution in [0.4, 0.5) is 4.79 Å². The van der Waals surface area contributed by atoms with E-state index in [0.29, 0.717) is 12.0 Å². The number of rotatable bonds is 15. The summed E-state index contributed by atoms with van der Waals surface area (Å²) in [4.78, 5) is 65.4. The lowest BCUT2D eigenvalue weighted by molar-refractivity contribution is -0.166. The van der Waals surface area contributed by atoms with Crippen LogP contribution in [-0.4, -0.2) is 91.3 Å². The predicted octanol–water partition coefficient (Wildman–Crippen LogP) is 2.26. The van der Waals surface area contributed by atoms with E-state index in [-0.39, 0.29) is 50.1 Å². The Morgan fingerprint density at radius 2 is 1.90 bits per heavy atom. The Morgan fingerprint density at radius 1 is 1.18 bits per heavy atom. The molecule has 0 spiro atoms. The highest BCUT2D eigenvalue weighted by molar-refractivity contribution is 6.25. The molecule has 1 aliphatic heterocycles. The van der Waals surface area contributed by atoms with Gasteiger partial charge in [-0.05, 0) is 30.9 Å². The fourth-order valence-electron chi connectivity index (χ4n) is 4.12. The second kappa shape index (κ2) is 15.2. The number of methoxy groups -OCH3 is 1. The molecule has 1 aromatic rings. The summed E-state index contributed by atoms with van der Waals surface area (Å²) >= 11 is 0. The molecule has 1 heterocycles. The van der Waals surface area contributed by atoms with Gasteiger partial charge in [0.15, 0.2) is 23.8 Å². The molecule has 0 aromatic heterocycles. The summed E-state index contributed by atoms with van der Waals surface area (Å²) in [5, 5.41) is 8.84. The molecule has 11 nitrogen and oxygen atoms in total. The zero-order valence-corrected chi connectivity index (χ0v) is 23.0. The number of cyclic esters (lactones) is 1. The number of carbonyl (C=O) groups is 5. The quantitative estimate of drug-likeness (QED) is 0.197. The van der Waals surface area contributed by atoms with Crippen LogP contribution in [0.1, 0.15) is 44.7 Å². The number of amides is 2. The number of benzene rings is 1. The van der Waals surface area contributed by atoms with Gasteiger partial charge in [0, 0.05) is 32.6 Å². The van der Waals surface area contributed by atoms with Gasteiger partial charge in [0.2, 0.25) is 0 Å². The van der Waals surface area contributed by atoms with Crippen molar-refractivity contribution in [2.45, 2.75) is 58.8 Å². The Labute approximate surface area is 228 Å². The molecule has 2 amide bonds. The van der Waals surface area contributed by atoms with Crippen LogP contribution in [0.15, 0.2) is 30.3 Å². The van der Waals surface area contributed by atoms with Gasteiger partial charge in [0.1, 0.15) is 6.61 Å². The molecular formula is C28H37NO10. The van der Waals surface area contributed by atoms with Gasteiger partial charge in [-0.15, -0.1) is 0 Å². The van der Waals surface area contributed by atoms with Crippen molar-refractivity contribution in [1.82, 2.24) is 4.90 Å². The van der Waals surface area contributed by atoms with E-state index < -0.39 is 42.0 Å². The van der Waals surface area contributed by atoms with Gasteiger partial charge in [-0.25, -0.2) is 9.69 Å². The van der Waals surface area contributed by atoms with Crippen molar-refractivity contribution in [1.29, 1.82) is 0 Å². The summed E-state index contributed by atoms with van der Waals surface area (Å²) in [7, 11) is 1.15. The maximum atomic E-state index is 13.6. The number of carbonyl (C=O) groups excluding carboxylic acids is 5. The number of hydrogen-bond acceptors (Lipinski definition) is 10. The molecule has 214 valence electrons. The van der Waals surface area contributed by atoms with Crippen molar-refractivity contribution >= 4 is 35.1 Å². The van der Waals surface area contributed by atoms with Gasteiger partial charge in [-0.2, -0.15) is 0 Å².